The normalized spacial score (nSPS) is 11.9. The van der Waals surface area contributed by atoms with Gasteiger partial charge in [-0.05, 0) is 35.4 Å². The molecule has 1 unspecified atom stereocenters. The van der Waals surface area contributed by atoms with E-state index in [2.05, 4.69) is 15.5 Å². The molecule has 0 aliphatic rings. The van der Waals surface area contributed by atoms with Crippen molar-refractivity contribution in [2.24, 2.45) is 0 Å². The number of hydrogen-bond donors (Lipinski definition) is 0. The first kappa shape index (κ1) is 19.1. The number of amides is 1. The van der Waals surface area contributed by atoms with Crippen LogP contribution in [0.5, 0.6) is 0 Å². The van der Waals surface area contributed by atoms with Crippen LogP contribution in [0.3, 0.4) is 0 Å². The van der Waals surface area contributed by atoms with E-state index < -0.39 is 0 Å². The predicted octanol–water partition coefficient (Wildman–Crippen LogP) is 3.25. The lowest BCUT2D eigenvalue weighted by molar-refractivity contribution is -0.130. The van der Waals surface area contributed by atoms with Gasteiger partial charge in [-0.15, -0.1) is 5.10 Å². The first-order valence-electron chi connectivity index (χ1n) is 8.97. The largest absolute Gasteiger partial charge is 0.338 e. The molecule has 1 amide bonds. The van der Waals surface area contributed by atoms with Gasteiger partial charge in [-0.1, -0.05) is 72.4 Å². The summed E-state index contributed by atoms with van der Waals surface area (Å²) in [6.07, 6.45) is 0. The zero-order chi connectivity index (χ0) is 19.1. The number of tetrazole rings is 1. The molecule has 0 spiro atoms. The molecule has 0 N–H and O–H groups in total. The Morgan fingerprint density at radius 3 is 2.33 bits per heavy atom. The molecule has 1 atom stereocenters. The molecule has 0 aliphatic heterocycles. The van der Waals surface area contributed by atoms with Gasteiger partial charge >= 0.3 is 0 Å². The molecule has 140 valence electrons. The lowest BCUT2D eigenvalue weighted by atomic mass is 10.2. The summed E-state index contributed by atoms with van der Waals surface area (Å²) in [6, 6.07) is 20.0. The van der Waals surface area contributed by atoms with Crippen LogP contribution >= 0.6 is 11.8 Å². The number of nitrogens with zero attached hydrogens (tertiary/aromatic N) is 5. The first-order chi connectivity index (χ1) is 13.2. The van der Waals surface area contributed by atoms with E-state index in [9.17, 15) is 4.79 Å². The Hall–Kier alpha value is -2.67. The van der Waals surface area contributed by atoms with E-state index in [1.54, 1.807) is 4.68 Å². The molecule has 6 nitrogen and oxygen atoms in total. The lowest BCUT2D eigenvalue weighted by Crippen LogP contribution is -2.36. The fourth-order valence-electron chi connectivity index (χ4n) is 2.75. The van der Waals surface area contributed by atoms with Crippen LogP contribution in [0.2, 0.25) is 0 Å². The molecule has 0 aliphatic carbocycles. The highest BCUT2D eigenvalue weighted by Crippen LogP contribution is 2.23. The van der Waals surface area contributed by atoms with E-state index in [0.717, 1.165) is 11.1 Å². The van der Waals surface area contributed by atoms with Gasteiger partial charge in [0.1, 0.15) is 0 Å². The number of rotatable bonds is 8. The van der Waals surface area contributed by atoms with Gasteiger partial charge in [0, 0.05) is 13.1 Å². The third kappa shape index (κ3) is 5.17. The summed E-state index contributed by atoms with van der Waals surface area (Å²) in [7, 11) is 0. The predicted molar refractivity (Wildman–Crippen MR) is 106 cm³/mol. The van der Waals surface area contributed by atoms with Crippen LogP contribution in [0.25, 0.3) is 0 Å². The molecule has 0 saturated carbocycles. The van der Waals surface area contributed by atoms with Crippen molar-refractivity contribution >= 4 is 17.7 Å². The second-order valence-electron chi connectivity index (χ2n) is 6.20. The summed E-state index contributed by atoms with van der Waals surface area (Å²) in [5.41, 5.74) is 2.24. The molecule has 1 aromatic heterocycles. The maximum absolute atomic E-state index is 12.9. The minimum Gasteiger partial charge on any atom is -0.338 e. The molecule has 0 fully saturated rings. The maximum atomic E-state index is 12.9. The zero-order valence-electron chi connectivity index (χ0n) is 15.5. The minimum atomic E-state index is -0.269. The van der Waals surface area contributed by atoms with Crippen LogP contribution < -0.4 is 0 Å². The zero-order valence-corrected chi connectivity index (χ0v) is 16.3. The van der Waals surface area contributed by atoms with Gasteiger partial charge in [0.15, 0.2) is 0 Å². The Morgan fingerprint density at radius 2 is 1.70 bits per heavy atom. The van der Waals surface area contributed by atoms with Crippen LogP contribution in [-0.2, 0) is 17.9 Å². The third-order valence-electron chi connectivity index (χ3n) is 4.21. The summed E-state index contributed by atoms with van der Waals surface area (Å²) in [5, 5.41) is 12.3. The van der Waals surface area contributed by atoms with Gasteiger partial charge < -0.3 is 4.90 Å². The van der Waals surface area contributed by atoms with Gasteiger partial charge in [-0.3, -0.25) is 4.79 Å². The fraction of sp³-hybridized carbons (Fsp3) is 0.300. The third-order valence-corrected chi connectivity index (χ3v) is 5.27. The summed E-state index contributed by atoms with van der Waals surface area (Å²) in [4.78, 5) is 14.8. The fourth-order valence-corrected chi connectivity index (χ4v) is 3.62. The quantitative estimate of drug-likeness (QED) is 0.561. The average Bonchev–Trinajstić information content (AvgIpc) is 3.13. The van der Waals surface area contributed by atoms with Gasteiger partial charge in [-0.2, -0.15) is 0 Å². The van der Waals surface area contributed by atoms with Crippen LogP contribution in [0, 0.1) is 0 Å². The number of carbonyl (C=O) groups is 1. The first-order valence-corrected chi connectivity index (χ1v) is 9.84. The highest BCUT2D eigenvalue weighted by molar-refractivity contribution is 8.00. The number of benzene rings is 2. The summed E-state index contributed by atoms with van der Waals surface area (Å²) in [5.74, 6) is 0.0839. The second-order valence-corrected chi connectivity index (χ2v) is 7.51. The van der Waals surface area contributed by atoms with Crippen molar-refractivity contribution in [2.45, 2.75) is 37.3 Å². The van der Waals surface area contributed by atoms with Crippen molar-refractivity contribution in [3.63, 3.8) is 0 Å². The van der Waals surface area contributed by atoms with E-state index in [4.69, 9.17) is 0 Å². The molecule has 1 heterocycles. The molecule has 7 heteroatoms. The lowest BCUT2D eigenvalue weighted by Gasteiger charge is -2.24. The van der Waals surface area contributed by atoms with E-state index in [1.807, 2.05) is 79.4 Å². The summed E-state index contributed by atoms with van der Waals surface area (Å²) >= 11 is 1.39. The molecule has 3 aromatic rings. The Bertz CT molecular complexity index is 853. The number of hydrogen-bond acceptors (Lipinski definition) is 5. The molecule has 2 aromatic carbocycles. The Labute approximate surface area is 163 Å². The molecular weight excluding hydrogens is 358 g/mol. The average molecular weight is 382 g/mol. The van der Waals surface area contributed by atoms with Crippen molar-refractivity contribution in [1.82, 2.24) is 25.1 Å². The van der Waals surface area contributed by atoms with Gasteiger partial charge in [0.05, 0.1) is 11.8 Å². The Kier molecular flexibility index (Phi) is 6.59. The number of thioether (sulfide) groups is 1. The monoisotopic (exact) mass is 381 g/mol. The molecule has 0 saturated heterocycles. The Balaban J connectivity index is 1.65. The second kappa shape index (κ2) is 9.32. The summed E-state index contributed by atoms with van der Waals surface area (Å²) < 4.78 is 1.73. The van der Waals surface area contributed by atoms with E-state index >= 15 is 0 Å². The van der Waals surface area contributed by atoms with Crippen molar-refractivity contribution in [1.29, 1.82) is 0 Å². The van der Waals surface area contributed by atoms with Crippen LogP contribution in [0.15, 0.2) is 65.8 Å². The van der Waals surface area contributed by atoms with Gasteiger partial charge in [0.2, 0.25) is 11.1 Å². The highest BCUT2D eigenvalue weighted by atomic mass is 32.2. The topological polar surface area (TPSA) is 63.9 Å². The summed E-state index contributed by atoms with van der Waals surface area (Å²) in [6.45, 7) is 5.75. The molecular formula is C20H23N5OS. The van der Waals surface area contributed by atoms with Crippen LogP contribution in [0.1, 0.15) is 25.0 Å². The highest BCUT2D eigenvalue weighted by Gasteiger charge is 2.23. The van der Waals surface area contributed by atoms with Gasteiger partial charge in [-0.25, -0.2) is 4.68 Å². The number of aromatic nitrogens is 4. The van der Waals surface area contributed by atoms with Crippen LogP contribution in [0.4, 0.5) is 0 Å². The van der Waals surface area contributed by atoms with E-state index in [1.165, 1.54) is 11.8 Å². The molecule has 0 bridgehead atoms. The SMILES string of the molecule is CCN(Cc1ccccc1)C(=O)C(C)Sc1nnnn1Cc1ccccc1. The standard InChI is InChI=1S/C20H23N5OS/c1-3-24(14-17-10-6-4-7-11-17)19(26)16(2)27-20-21-22-23-25(20)15-18-12-8-5-9-13-18/h4-13,16H,3,14-15H2,1-2H3. The van der Waals surface area contributed by atoms with E-state index in [0.29, 0.717) is 24.8 Å². The number of carbonyl (C=O) groups excluding carboxylic acids is 1. The van der Waals surface area contributed by atoms with Gasteiger partial charge in [0.25, 0.3) is 0 Å². The smallest absolute Gasteiger partial charge is 0.236 e. The van der Waals surface area contributed by atoms with Crippen molar-refractivity contribution in [3.8, 4) is 0 Å². The molecule has 27 heavy (non-hydrogen) atoms. The van der Waals surface area contributed by atoms with Crippen molar-refractivity contribution < 1.29 is 4.79 Å². The molecule has 3 rings (SSSR count). The van der Waals surface area contributed by atoms with Crippen LogP contribution in [-0.4, -0.2) is 42.8 Å². The Morgan fingerprint density at radius 1 is 1.07 bits per heavy atom. The minimum absolute atomic E-state index is 0.0839. The van der Waals surface area contributed by atoms with E-state index in [-0.39, 0.29) is 11.2 Å². The van der Waals surface area contributed by atoms with Crippen molar-refractivity contribution in [2.75, 3.05) is 6.54 Å². The maximum Gasteiger partial charge on any atom is 0.236 e. The molecule has 0 radical (unpaired) electrons. The van der Waals surface area contributed by atoms with Crippen molar-refractivity contribution in [3.05, 3.63) is 71.8 Å².